The number of aromatic nitrogens is 4. The summed E-state index contributed by atoms with van der Waals surface area (Å²) in [6.07, 6.45) is 4.28. The molecule has 0 saturated heterocycles. The van der Waals surface area contributed by atoms with E-state index in [4.69, 9.17) is 10.5 Å². The van der Waals surface area contributed by atoms with E-state index in [1.54, 1.807) is 6.92 Å². The Morgan fingerprint density at radius 3 is 3.06 bits per heavy atom. The molecule has 2 rings (SSSR count). The van der Waals surface area contributed by atoms with E-state index in [0.717, 1.165) is 0 Å². The molecule has 0 amide bonds. The summed E-state index contributed by atoms with van der Waals surface area (Å²) in [5.74, 6) is -0.123. The minimum Gasteiger partial charge on any atom is -0.462 e. The molecule has 88 valence electrons. The van der Waals surface area contributed by atoms with Gasteiger partial charge in [-0.15, -0.1) is 0 Å². The lowest BCUT2D eigenvalue weighted by Crippen LogP contribution is -2.12. The molecule has 0 aliphatic heterocycles. The maximum Gasteiger partial charge on any atom is 0.340 e. The molecule has 0 aromatic carbocycles. The van der Waals surface area contributed by atoms with Crippen LogP contribution in [-0.4, -0.2) is 32.3 Å². The van der Waals surface area contributed by atoms with Crippen LogP contribution >= 0.6 is 0 Å². The topological polar surface area (TPSA) is 95.9 Å². The van der Waals surface area contributed by atoms with Gasteiger partial charge in [0.2, 0.25) is 0 Å². The van der Waals surface area contributed by atoms with Crippen LogP contribution in [-0.2, 0) is 4.74 Å². The average molecular weight is 233 g/mol. The molecule has 7 nitrogen and oxygen atoms in total. The number of hydrogen-bond donors (Lipinski definition) is 1. The molecular weight excluding hydrogens is 222 g/mol. The van der Waals surface area contributed by atoms with E-state index < -0.39 is 5.97 Å². The van der Waals surface area contributed by atoms with Gasteiger partial charge in [0.15, 0.2) is 5.82 Å². The molecule has 0 fully saturated rings. The van der Waals surface area contributed by atoms with Crippen LogP contribution in [0.2, 0.25) is 0 Å². The van der Waals surface area contributed by atoms with E-state index in [1.807, 2.05) is 0 Å². The van der Waals surface area contributed by atoms with Crippen LogP contribution in [0.5, 0.6) is 0 Å². The highest BCUT2D eigenvalue weighted by Gasteiger charge is 2.15. The maximum absolute atomic E-state index is 11.6. The number of nitrogens with zero attached hydrogens (tertiary/aromatic N) is 4. The van der Waals surface area contributed by atoms with E-state index in [2.05, 4.69) is 15.1 Å². The third-order valence-electron chi connectivity index (χ3n) is 2.10. The Labute approximate surface area is 97.2 Å². The number of rotatable bonds is 3. The third-order valence-corrected chi connectivity index (χ3v) is 2.10. The summed E-state index contributed by atoms with van der Waals surface area (Å²) in [5.41, 5.74) is 6.34. The number of pyridine rings is 1. The second-order valence-corrected chi connectivity index (χ2v) is 3.16. The summed E-state index contributed by atoms with van der Waals surface area (Å²) in [6.45, 7) is 2.02. The first-order valence-corrected chi connectivity index (χ1v) is 5.00. The zero-order valence-electron chi connectivity index (χ0n) is 9.20. The van der Waals surface area contributed by atoms with Crippen LogP contribution < -0.4 is 5.73 Å². The molecule has 0 unspecified atom stereocenters. The Balaban J connectivity index is 2.44. The first-order chi connectivity index (χ1) is 8.24. The van der Waals surface area contributed by atoms with Gasteiger partial charge in [0, 0.05) is 6.20 Å². The number of nitrogen functional groups attached to an aromatic ring is 1. The third kappa shape index (κ3) is 2.07. The molecule has 0 aliphatic rings. The number of carbonyl (C=O) groups excluding carboxylic acids is 1. The molecule has 2 N–H and O–H groups in total. The normalized spacial score (nSPS) is 10.2. The first-order valence-electron chi connectivity index (χ1n) is 5.00. The monoisotopic (exact) mass is 233 g/mol. The Morgan fingerprint density at radius 1 is 1.59 bits per heavy atom. The molecule has 17 heavy (non-hydrogen) atoms. The van der Waals surface area contributed by atoms with Crippen molar-refractivity contribution < 1.29 is 9.53 Å². The second kappa shape index (κ2) is 4.60. The van der Waals surface area contributed by atoms with E-state index in [1.165, 1.54) is 29.6 Å². The number of anilines is 1. The number of esters is 1. The lowest BCUT2D eigenvalue weighted by molar-refractivity contribution is 0.0527. The van der Waals surface area contributed by atoms with Gasteiger partial charge in [-0.3, -0.25) is 0 Å². The smallest absolute Gasteiger partial charge is 0.340 e. The standard InChI is InChI=1S/C10H11N5O2/c1-2-17-10(16)7-3-4-13-9(8(7)11)15-6-12-5-14-15/h3-6H,2,11H2,1H3. The van der Waals surface area contributed by atoms with E-state index in [0.29, 0.717) is 12.4 Å². The molecule has 0 saturated carbocycles. The van der Waals surface area contributed by atoms with Crippen molar-refractivity contribution in [3.05, 3.63) is 30.5 Å². The van der Waals surface area contributed by atoms with Crippen molar-refractivity contribution in [2.45, 2.75) is 6.92 Å². The van der Waals surface area contributed by atoms with E-state index in [9.17, 15) is 4.79 Å². The Morgan fingerprint density at radius 2 is 2.41 bits per heavy atom. The van der Waals surface area contributed by atoms with Gasteiger partial charge in [0.1, 0.15) is 12.7 Å². The van der Waals surface area contributed by atoms with Crippen LogP contribution in [0.15, 0.2) is 24.9 Å². The Kier molecular flexibility index (Phi) is 2.99. The van der Waals surface area contributed by atoms with Gasteiger partial charge in [-0.25, -0.2) is 19.4 Å². The zero-order chi connectivity index (χ0) is 12.3. The lowest BCUT2D eigenvalue weighted by Gasteiger charge is -2.08. The summed E-state index contributed by atoms with van der Waals surface area (Å²) in [4.78, 5) is 19.5. The largest absolute Gasteiger partial charge is 0.462 e. The highest BCUT2D eigenvalue weighted by atomic mass is 16.5. The quantitative estimate of drug-likeness (QED) is 0.772. The highest BCUT2D eigenvalue weighted by molar-refractivity contribution is 5.96. The summed E-state index contributed by atoms with van der Waals surface area (Å²) in [6, 6.07) is 1.51. The maximum atomic E-state index is 11.6. The zero-order valence-corrected chi connectivity index (χ0v) is 9.20. The number of hydrogen-bond acceptors (Lipinski definition) is 6. The van der Waals surface area contributed by atoms with E-state index in [-0.39, 0.29) is 11.3 Å². The van der Waals surface area contributed by atoms with Crippen molar-refractivity contribution >= 4 is 11.7 Å². The van der Waals surface area contributed by atoms with Crippen molar-refractivity contribution in [3.8, 4) is 5.82 Å². The van der Waals surface area contributed by atoms with Crippen molar-refractivity contribution in [2.75, 3.05) is 12.3 Å². The van der Waals surface area contributed by atoms with Crippen LogP contribution in [0.4, 0.5) is 5.69 Å². The van der Waals surface area contributed by atoms with Gasteiger partial charge in [0.05, 0.1) is 17.9 Å². The Hall–Kier alpha value is -2.44. The van der Waals surface area contributed by atoms with Crippen LogP contribution in [0.1, 0.15) is 17.3 Å². The van der Waals surface area contributed by atoms with Crippen molar-refractivity contribution in [2.24, 2.45) is 0 Å². The molecule has 0 atom stereocenters. The van der Waals surface area contributed by atoms with E-state index >= 15 is 0 Å². The summed E-state index contributed by atoms with van der Waals surface area (Å²) >= 11 is 0. The predicted octanol–water partition coefficient (Wildman–Crippen LogP) is 0.421. The van der Waals surface area contributed by atoms with Gasteiger partial charge in [-0.05, 0) is 13.0 Å². The lowest BCUT2D eigenvalue weighted by atomic mass is 10.2. The number of nitrogens with two attached hydrogens (primary N) is 1. The average Bonchev–Trinajstić information content (AvgIpc) is 2.83. The summed E-state index contributed by atoms with van der Waals surface area (Å²) in [7, 11) is 0. The minimum absolute atomic E-state index is 0.219. The second-order valence-electron chi connectivity index (χ2n) is 3.16. The van der Waals surface area contributed by atoms with Gasteiger partial charge in [-0.1, -0.05) is 0 Å². The van der Waals surface area contributed by atoms with Crippen molar-refractivity contribution in [1.82, 2.24) is 19.7 Å². The fourth-order valence-corrected chi connectivity index (χ4v) is 1.35. The van der Waals surface area contributed by atoms with Crippen LogP contribution in [0, 0.1) is 0 Å². The van der Waals surface area contributed by atoms with Gasteiger partial charge in [-0.2, -0.15) is 5.10 Å². The molecular formula is C10H11N5O2. The predicted molar refractivity (Wildman–Crippen MR) is 59.5 cm³/mol. The molecule has 2 aromatic heterocycles. The summed E-state index contributed by atoms with van der Waals surface area (Å²) in [5, 5.41) is 3.90. The van der Waals surface area contributed by atoms with Gasteiger partial charge >= 0.3 is 5.97 Å². The fourth-order valence-electron chi connectivity index (χ4n) is 1.35. The molecule has 2 aromatic rings. The minimum atomic E-state index is -0.478. The molecule has 0 bridgehead atoms. The van der Waals surface area contributed by atoms with Gasteiger partial charge < -0.3 is 10.5 Å². The fraction of sp³-hybridized carbons (Fsp3) is 0.200. The summed E-state index contributed by atoms with van der Waals surface area (Å²) < 4.78 is 6.28. The van der Waals surface area contributed by atoms with Crippen molar-refractivity contribution in [1.29, 1.82) is 0 Å². The first kappa shape index (κ1) is 11.1. The molecule has 0 aliphatic carbocycles. The molecule has 0 radical (unpaired) electrons. The number of carbonyl (C=O) groups is 1. The van der Waals surface area contributed by atoms with Crippen molar-refractivity contribution in [3.63, 3.8) is 0 Å². The molecule has 0 spiro atoms. The SMILES string of the molecule is CCOC(=O)c1ccnc(-n2cncn2)c1N. The van der Waals surface area contributed by atoms with Gasteiger partial charge in [0.25, 0.3) is 0 Å². The number of ether oxygens (including phenoxy) is 1. The molecule has 7 heteroatoms. The highest BCUT2D eigenvalue weighted by Crippen LogP contribution is 2.18. The molecule has 2 heterocycles. The van der Waals surface area contributed by atoms with Crippen LogP contribution in [0.3, 0.4) is 0 Å². The van der Waals surface area contributed by atoms with Crippen LogP contribution in [0.25, 0.3) is 5.82 Å². The Bertz CT molecular complexity index is 523.